The Bertz CT molecular complexity index is 1980. The standard InChI is InChI=1S/C33H31F2N5O10/c1-17-13-33(50-37-17)11-10-18(2)38-16-26(33)39-15-24(30(42)36-14-20-4-5-21(34)12-25(20)35)28(41)29(27(39)31(38)43)47-19(3)48-32(44)49-23-8-6-22(7-9-23)40(45)46/h4-9,12,15,18-19,26H,10-11,13-14,16H2,1-3H3,(H,36,42)/t18-,19?,26+,33-/m0/s1. The van der Waals surface area contributed by atoms with Crippen molar-refractivity contribution in [2.24, 2.45) is 5.16 Å². The second-order valence-electron chi connectivity index (χ2n) is 12.3. The third-order valence-corrected chi connectivity index (χ3v) is 8.92. The van der Waals surface area contributed by atoms with Gasteiger partial charge < -0.3 is 33.8 Å². The van der Waals surface area contributed by atoms with Gasteiger partial charge in [0.25, 0.3) is 17.5 Å². The zero-order chi connectivity index (χ0) is 35.9. The molecule has 4 atom stereocenters. The largest absolute Gasteiger partial charge is 0.516 e. The SMILES string of the molecule is CC1=NO[C@@]2(CC[C@H](C)N3C[C@H]2n2cc(C(=O)NCc4ccc(F)cc4F)c(=O)c(OC(C)OC(=O)Oc4ccc([N+](=O)[O-])cc4)c2C3=O)C1. The lowest BCUT2D eigenvalue weighted by atomic mass is 9.84. The first-order valence-corrected chi connectivity index (χ1v) is 15.6. The van der Waals surface area contributed by atoms with E-state index in [4.69, 9.17) is 19.0 Å². The first-order valence-electron chi connectivity index (χ1n) is 15.6. The summed E-state index contributed by atoms with van der Waals surface area (Å²) in [7, 11) is 0. The molecule has 2 bridgehead atoms. The quantitative estimate of drug-likeness (QED) is 0.115. The normalized spacial score (nSPS) is 21.3. The molecule has 0 radical (unpaired) electrons. The molecule has 17 heteroatoms. The molecule has 3 aliphatic heterocycles. The molecule has 0 aliphatic carbocycles. The number of carbonyl (C=O) groups excluding carboxylic acids is 3. The molecular weight excluding hydrogens is 664 g/mol. The summed E-state index contributed by atoms with van der Waals surface area (Å²) in [6, 6.07) is 6.50. The summed E-state index contributed by atoms with van der Waals surface area (Å²) >= 11 is 0. The minimum Gasteiger partial charge on any atom is -0.448 e. The number of nitrogens with one attached hydrogen (secondary N) is 1. The van der Waals surface area contributed by atoms with Crippen LogP contribution in [0.4, 0.5) is 19.3 Å². The van der Waals surface area contributed by atoms with E-state index in [1.807, 2.05) is 6.92 Å². The highest BCUT2D eigenvalue weighted by molar-refractivity contribution is 5.99. The lowest BCUT2D eigenvalue weighted by molar-refractivity contribution is -0.384. The molecule has 0 saturated carbocycles. The second kappa shape index (κ2) is 13.2. The molecule has 2 amide bonds. The van der Waals surface area contributed by atoms with E-state index >= 15 is 0 Å². The number of hydrogen-bond acceptors (Lipinski definition) is 11. The highest BCUT2D eigenvalue weighted by Crippen LogP contribution is 2.46. The highest BCUT2D eigenvalue weighted by atomic mass is 19.1. The molecule has 1 N–H and O–H groups in total. The maximum absolute atomic E-state index is 14.3. The van der Waals surface area contributed by atoms with Crippen molar-refractivity contribution in [1.82, 2.24) is 14.8 Å². The molecule has 1 saturated heterocycles. The Labute approximate surface area is 282 Å². The van der Waals surface area contributed by atoms with Crippen molar-refractivity contribution in [3.05, 3.63) is 97.5 Å². The summed E-state index contributed by atoms with van der Waals surface area (Å²) in [4.78, 5) is 72.2. The van der Waals surface area contributed by atoms with Crippen LogP contribution in [-0.4, -0.2) is 62.5 Å². The zero-order valence-electron chi connectivity index (χ0n) is 27.0. The minimum absolute atomic E-state index is 0.0441. The number of rotatable bonds is 8. The van der Waals surface area contributed by atoms with E-state index in [1.165, 1.54) is 29.8 Å². The maximum Gasteiger partial charge on any atom is 0.516 e. The number of oxime groups is 1. The summed E-state index contributed by atoms with van der Waals surface area (Å²) in [5.41, 5.74) is -2.21. The van der Waals surface area contributed by atoms with E-state index in [0.717, 1.165) is 30.0 Å². The lowest BCUT2D eigenvalue weighted by Crippen LogP contribution is -2.52. The predicted molar refractivity (Wildman–Crippen MR) is 169 cm³/mol. The van der Waals surface area contributed by atoms with Crippen molar-refractivity contribution in [2.45, 2.75) is 70.6 Å². The first kappa shape index (κ1) is 34.0. The van der Waals surface area contributed by atoms with Gasteiger partial charge in [0.15, 0.2) is 11.3 Å². The van der Waals surface area contributed by atoms with Crippen LogP contribution in [0.25, 0.3) is 0 Å². The third kappa shape index (κ3) is 6.45. The Morgan fingerprint density at radius 3 is 2.60 bits per heavy atom. The van der Waals surface area contributed by atoms with Gasteiger partial charge in [-0.3, -0.25) is 24.5 Å². The first-order chi connectivity index (χ1) is 23.8. The molecule has 4 heterocycles. The van der Waals surface area contributed by atoms with Crippen LogP contribution in [0.15, 0.2) is 58.6 Å². The van der Waals surface area contributed by atoms with Crippen LogP contribution >= 0.6 is 0 Å². The number of amides is 2. The lowest BCUT2D eigenvalue weighted by Gasteiger charge is -2.42. The van der Waals surface area contributed by atoms with Gasteiger partial charge in [-0.05, 0) is 44.9 Å². The Hall–Kier alpha value is -5.87. The number of fused-ring (bicyclic) bond motifs is 5. The van der Waals surface area contributed by atoms with Gasteiger partial charge in [0, 0.05) is 62.4 Å². The van der Waals surface area contributed by atoms with E-state index in [9.17, 15) is 38.1 Å². The van der Waals surface area contributed by atoms with Gasteiger partial charge in [-0.25, -0.2) is 13.6 Å². The van der Waals surface area contributed by atoms with E-state index in [-0.39, 0.29) is 35.3 Å². The summed E-state index contributed by atoms with van der Waals surface area (Å²) in [6.45, 7) is 4.68. The van der Waals surface area contributed by atoms with Gasteiger partial charge in [0.05, 0.1) is 16.7 Å². The van der Waals surface area contributed by atoms with Crippen LogP contribution in [0.3, 0.4) is 0 Å². The molecule has 15 nitrogen and oxygen atoms in total. The van der Waals surface area contributed by atoms with Gasteiger partial charge >= 0.3 is 6.16 Å². The maximum atomic E-state index is 14.3. The number of hydrogen-bond donors (Lipinski definition) is 1. The van der Waals surface area contributed by atoms with Crippen molar-refractivity contribution in [3.8, 4) is 11.5 Å². The van der Waals surface area contributed by atoms with Gasteiger partial charge in [-0.15, -0.1) is 0 Å². The molecule has 262 valence electrons. The second-order valence-corrected chi connectivity index (χ2v) is 12.3. The summed E-state index contributed by atoms with van der Waals surface area (Å²) in [5, 5.41) is 17.6. The number of halogens is 2. The number of nitro benzene ring substituents is 1. The van der Waals surface area contributed by atoms with Crippen molar-refractivity contribution in [2.75, 3.05) is 6.54 Å². The van der Waals surface area contributed by atoms with Crippen LogP contribution in [0, 0.1) is 21.7 Å². The monoisotopic (exact) mass is 695 g/mol. The zero-order valence-corrected chi connectivity index (χ0v) is 27.0. The Balaban J connectivity index is 1.36. The number of pyridine rings is 1. The highest BCUT2D eigenvalue weighted by Gasteiger charge is 2.54. The van der Waals surface area contributed by atoms with Crippen LogP contribution < -0.4 is 20.2 Å². The number of non-ortho nitro benzene ring substituents is 1. The Morgan fingerprint density at radius 1 is 1.20 bits per heavy atom. The van der Waals surface area contributed by atoms with E-state index in [2.05, 4.69) is 10.5 Å². The average molecular weight is 696 g/mol. The molecule has 1 aromatic heterocycles. The van der Waals surface area contributed by atoms with E-state index in [1.54, 1.807) is 11.8 Å². The molecule has 50 heavy (non-hydrogen) atoms. The topological polar surface area (TPSA) is 181 Å². The molecule has 2 aromatic carbocycles. The predicted octanol–water partition coefficient (Wildman–Crippen LogP) is 4.62. The summed E-state index contributed by atoms with van der Waals surface area (Å²) in [5.74, 6) is -3.91. The molecule has 1 fully saturated rings. The average Bonchev–Trinajstić information content (AvgIpc) is 3.39. The fourth-order valence-electron chi connectivity index (χ4n) is 6.40. The smallest absolute Gasteiger partial charge is 0.448 e. The van der Waals surface area contributed by atoms with Crippen molar-refractivity contribution in [1.29, 1.82) is 0 Å². The molecule has 1 spiro atoms. The molecule has 3 aliphatic rings. The van der Waals surface area contributed by atoms with Crippen molar-refractivity contribution < 1.29 is 47.1 Å². The fraction of sp³-hybridized carbons (Fsp3) is 0.364. The number of nitro groups is 1. The third-order valence-electron chi connectivity index (χ3n) is 8.92. The van der Waals surface area contributed by atoms with E-state index < -0.39 is 75.7 Å². The number of ether oxygens (including phenoxy) is 3. The molecule has 1 unspecified atom stereocenters. The molecular formula is C33H31F2N5O10. The Kier molecular flexibility index (Phi) is 8.98. The van der Waals surface area contributed by atoms with Crippen LogP contribution in [0.5, 0.6) is 11.5 Å². The van der Waals surface area contributed by atoms with Gasteiger partial charge in [-0.2, -0.15) is 0 Å². The van der Waals surface area contributed by atoms with Crippen molar-refractivity contribution in [3.63, 3.8) is 0 Å². The van der Waals surface area contributed by atoms with Crippen LogP contribution in [0.1, 0.15) is 72.5 Å². The summed E-state index contributed by atoms with van der Waals surface area (Å²) < 4.78 is 45.3. The van der Waals surface area contributed by atoms with Gasteiger partial charge in [-0.1, -0.05) is 11.2 Å². The summed E-state index contributed by atoms with van der Waals surface area (Å²) in [6.07, 6.45) is -0.179. The number of benzene rings is 2. The Morgan fingerprint density at radius 2 is 1.94 bits per heavy atom. The molecule has 6 rings (SSSR count). The number of nitrogens with zero attached hydrogens (tertiary/aromatic N) is 4. The van der Waals surface area contributed by atoms with Crippen LogP contribution in [-0.2, 0) is 16.1 Å². The number of aromatic nitrogens is 1. The van der Waals surface area contributed by atoms with E-state index in [0.29, 0.717) is 25.3 Å². The van der Waals surface area contributed by atoms with Crippen molar-refractivity contribution >= 4 is 29.4 Å². The van der Waals surface area contributed by atoms with Crippen LogP contribution in [0.2, 0.25) is 0 Å². The minimum atomic E-state index is -1.56. The fourth-order valence-corrected chi connectivity index (χ4v) is 6.40. The van der Waals surface area contributed by atoms with Gasteiger partial charge in [0.2, 0.25) is 17.5 Å². The number of carbonyl (C=O) groups is 3. The molecule has 3 aromatic rings. The van der Waals surface area contributed by atoms with Gasteiger partial charge in [0.1, 0.15) is 22.9 Å².